The van der Waals surface area contributed by atoms with Gasteiger partial charge in [0, 0.05) is 30.9 Å². The van der Waals surface area contributed by atoms with Crippen LogP contribution in [0.5, 0.6) is 0 Å². The fourth-order valence-electron chi connectivity index (χ4n) is 2.22. The number of anilines is 3. The smallest absolute Gasteiger partial charge is 0.269 e. The summed E-state index contributed by atoms with van der Waals surface area (Å²) in [5, 5.41) is 19.3. The van der Waals surface area contributed by atoms with Crippen LogP contribution in [0.3, 0.4) is 0 Å². The molecular weight excluding hydrogens is 306 g/mol. The van der Waals surface area contributed by atoms with E-state index in [1.165, 1.54) is 12.1 Å². The first-order valence-electron chi connectivity index (χ1n) is 7.62. The molecule has 7 heteroatoms. The van der Waals surface area contributed by atoms with Gasteiger partial charge in [0.2, 0.25) is 0 Å². The molecule has 2 N–H and O–H groups in total. The molecule has 2 rings (SSSR count). The molecule has 7 nitrogen and oxygen atoms in total. The lowest BCUT2D eigenvalue weighted by Gasteiger charge is -2.22. The summed E-state index contributed by atoms with van der Waals surface area (Å²) in [6.45, 7) is 3.61. The van der Waals surface area contributed by atoms with Crippen molar-refractivity contribution in [2.45, 2.75) is 13.3 Å². The van der Waals surface area contributed by atoms with Gasteiger partial charge in [-0.3, -0.25) is 10.1 Å². The Morgan fingerprint density at radius 3 is 2.08 bits per heavy atom. The molecule has 0 spiro atoms. The summed E-state index contributed by atoms with van der Waals surface area (Å²) in [6.07, 6.45) is 0.496. The summed E-state index contributed by atoms with van der Waals surface area (Å²) in [5.41, 5.74) is 8.76. The summed E-state index contributed by atoms with van der Waals surface area (Å²) >= 11 is 0. The standard InChI is InChI=1S/C17H19N5O2/c1-2-21(13-3-12-18)16-8-4-14(5-9-16)19-20-15-6-10-17(11-7-15)22(23)24/h4-11,19-20H,2-3,13H2,1H3. The number of nitro benzene ring substituents is 1. The molecule has 0 aliphatic heterocycles. The van der Waals surface area contributed by atoms with Crippen LogP contribution in [-0.2, 0) is 0 Å². The number of non-ortho nitro benzene ring substituents is 1. The monoisotopic (exact) mass is 325 g/mol. The second-order valence-electron chi connectivity index (χ2n) is 5.09. The van der Waals surface area contributed by atoms with Crippen LogP contribution in [0.1, 0.15) is 13.3 Å². The van der Waals surface area contributed by atoms with Gasteiger partial charge in [-0.2, -0.15) is 5.26 Å². The third kappa shape index (κ3) is 4.61. The van der Waals surface area contributed by atoms with Gasteiger partial charge in [-0.15, -0.1) is 0 Å². The molecule has 0 saturated carbocycles. The van der Waals surface area contributed by atoms with Gasteiger partial charge in [-0.1, -0.05) is 0 Å². The predicted octanol–water partition coefficient (Wildman–Crippen LogP) is 3.77. The van der Waals surface area contributed by atoms with Gasteiger partial charge in [0.25, 0.3) is 5.69 Å². The Balaban J connectivity index is 1.94. The zero-order valence-electron chi connectivity index (χ0n) is 13.4. The van der Waals surface area contributed by atoms with E-state index in [1.807, 2.05) is 24.3 Å². The van der Waals surface area contributed by atoms with E-state index in [2.05, 4.69) is 28.7 Å². The van der Waals surface area contributed by atoms with E-state index in [0.717, 1.165) is 23.6 Å². The first-order valence-corrected chi connectivity index (χ1v) is 7.62. The minimum atomic E-state index is -0.429. The van der Waals surface area contributed by atoms with Crippen LogP contribution >= 0.6 is 0 Å². The Morgan fingerprint density at radius 1 is 1.08 bits per heavy atom. The maximum Gasteiger partial charge on any atom is 0.269 e. The lowest BCUT2D eigenvalue weighted by Crippen LogP contribution is -2.23. The van der Waals surface area contributed by atoms with Crippen molar-refractivity contribution in [2.75, 3.05) is 28.8 Å². The van der Waals surface area contributed by atoms with E-state index in [1.54, 1.807) is 12.1 Å². The Labute approximate surface area is 140 Å². The van der Waals surface area contributed by atoms with Gasteiger partial charge in [0.1, 0.15) is 0 Å². The van der Waals surface area contributed by atoms with Crippen molar-refractivity contribution in [1.29, 1.82) is 5.26 Å². The molecule has 0 fully saturated rings. The molecule has 0 saturated heterocycles. The summed E-state index contributed by atoms with van der Waals surface area (Å²) in [6, 6.07) is 16.2. The zero-order chi connectivity index (χ0) is 17.4. The van der Waals surface area contributed by atoms with Crippen LogP contribution in [0.2, 0.25) is 0 Å². The number of benzene rings is 2. The highest BCUT2D eigenvalue weighted by molar-refractivity contribution is 5.58. The second kappa shape index (κ2) is 8.39. The zero-order valence-corrected chi connectivity index (χ0v) is 13.4. The molecule has 0 bridgehead atoms. The minimum Gasteiger partial charge on any atom is -0.371 e. The van der Waals surface area contributed by atoms with Gasteiger partial charge < -0.3 is 15.8 Å². The molecule has 2 aromatic carbocycles. The molecule has 0 radical (unpaired) electrons. The molecule has 2 aromatic rings. The number of hydrazine groups is 1. The fraction of sp³-hybridized carbons (Fsp3) is 0.235. The SMILES string of the molecule is CCN(CCC#N)c1ccc(NNc2ccc([N+](=O)[O-])cc2)cc1. The average molecular weight is 325 g/mol. The van der Waals surface area contributed by atoms with Crippen molar-refractivity contribution in [3.05, 3.63) is 58.6 Å². The van der Waals surface area contributed by atoms with Gasteiger partial charge >= 0.3 is 0 Å². The summed E-state index contributed by atoms with van der Waals surface area (Å²) in [7, 11) is 0. The molecule has 0 unspecified atom stereocenters. The van der Waals surface area contributed by atoms with Crippen LogP contribution in [0, 0.1) is 21.4 Å². The molecular formula is C17H19N5O2. The van der Waals surface area contributed by atoms with E-state index in [9.17, 15) is 10.1 Å². The first kappa shape index (κ1) is 17.1. The number of nitro groups is 1. The third-order valence-corrected chi connectivity index (χ3v) is 3.54. The van der Waals surface area contributed by atoms with Crippen molar-refractivity contribution in [2.24, 2.45) is 0 Å². The lowest BCUT2D eigenvalue weighted by molar-refractivity contribution is -0.384. The molecule has 0 aromatic heterocycles. The summed E-state index contributed by atoms with van der Waals surface area (Å²) in [4.78, 5) is 12.3. The number of hydrogen-bond acceptors (Lipinski definition) is 6. The largest absolute Gasteiger partial charge is 0.371 e. The van der Waals surface area contributed by atoms with E-state index >= 15 is 0 Å². The normalized spacial score (nSPS) is 9.83. The van der Waals surface area contributed by atoms with Crippen LogP contribution in [0.25, 0.3) is 0 Å². The van der Waals surface area contributed by atoms with Gasteiger partial charge in [-0.25, -0.2) is 0 Å². The number of nitrogens with zero attached hydrogens (tertiary/aromatic N) is 3. The summed E-state index contributed by atoms with van der Waals surface area (Å²) in [5.74, 6) is 0. The highest BCUT2D eigenvalue weighted by atomic mass is 16.6. The summed E-state index contributed by atoms with van der Waals surface area (Å²) < 4.78 is 0. The maximum atomic E-state index is 10.6. The van der Waals surface area contributed by atoms with Crippen molar-refractivity contribution in [3.8, 4) is 6.07 Å². The third-order valence-electron chi connectivity index (χ3n) is 3.54. The molecule has 0 aliphatic carbocycles. The van der Waals surface area contributed by atoms with Gasteiger partial charge in [0.15, 0.2) is 0 Å². The first-order chi connectivity index (χ1) is 11.6. The Hall–Kier alpha value is -3.27. The van der Waals surface area contributed by atoms with Crippen LogP contribution in [-0.4, -0.2) is 18.0 Å². The van der Waals surface area contributed by atoms with Crippen LogP contribution in [0.15, 0.2) is 48.5 Å². The molecule has 24 heavy (non-hydrogen) atoms. The highest BCUT2D eigenvalue weighted by Gasteiger charge is 2.05. The number of rotatable bonds is 8. The van der Waals surface area contributed by atoms with E-state index < -0.39 is 4.92 Å². The number of nitriles is 1. The molecule has 124 valence electrons. The maximum absolute atomic E-state index is 10.6. The van der Waals surface area contributed by atoms with E-state index in [4.69, 9.17) is 5.26 Å². The van der Waals surface area contributed by atoms with Gasteiger partial charge in [0.05, 0.1) is 28.8 Å². The highest BCUT2D eigenvalue weighted by Crippen LogP contribution is 2.19. The molecule has 0 atom stereocenters. The Kier molecular flexibility index (Phi) is 5.97. The number of nitrogens with one attached hydrogen (secondary N) is 2. The van der Waals surface area contributed by atoms with Gasteiger partial charge in [-0.05, 0) is 43.3 Å². The fourth-order valence-corrected chi connectivity index (χ4v) is 2.22. The average Bonchev–Trinajstić information content (AvgIpc) is 2.62. The Bertz CT molecular complexity index is 707. The minimum absolute atomic E-state index is 0.0573. The topological polar surface area (TPSA) is 94.2 Å². The van der Waals surface area contributed by atoms with E-state index in [0.29, 0.717) is 13.0 Å². The number of hydrogen-bond donors (Lipinski definition) is 2. The van der Waals surface area contributed by atoms with Crippen molar-refractivity contribution in [3.63, 3.8) is 0 Å². The van der Waals surface area contributed by atoms with Crippen molar-refractivity contribution in [1.82, 2.24) is 0 Å². The molecule has 0 amide bonds. The molecule has 0 heterocycles. The Morgan fingerprint density at radius 2 is 1.62 bits per heavy atom. The molecule has 0 aliphatic rings. The lowest BCUT2D eigenvalue weighted by atomic mass is 10.2. The van der Waals surface area contributed by atoms with E-state index in [-0.39, 0.29) is 5.69 Å². The van der Waals surface area contributed by atoms with Crippen molar-refractivity contribution >= 4 is 22.7 Å². The predicted molar refractivity (Wildman–Crippen MR) is 94.9 cm³/mol. The quantitative estimate of drug-likeness (QED) is 0.566. The van der Waals surface area contributed by atoms with Crippen LogP contribution in [0.4, 0.5) is 22.7 Å². The van der Waals surface area contributed by atoms with Crippen LogP contribution < -0.4 is 15.8 Å². The van der Waals surface area contributed by atoms with Crippen molar-refractivity contribution < 1.29 is 4.92 Å². The second-order valence-corrected chi connectivity index (χ2v) is 5.09.